The number of rotatable bonds is 7. The molecule has 0 saturated heterocycles. The first-order valence-electron chi connectivity index (χ1n) is 6.16. The van der Waals surface area contributed by atoms with Gasteiger partial charge in [-0.25, -0.2) is 0 Å². The van der Waals surface area contributed by atoms with Crippen molar-refractivity contribution in [2.75, 3.05) is 14.2 Å². The summed E-state index contributed by atoms with van der Waals surface area (Å²) in [5.41, 5.74) is 1.08. The third-order valence-corrected chi connectivity index (χ3v) is 3.70. The van der Waals surface area contributed by atoms with E-state index in [4.69, 9.17) is 14.7 Å². The van der Waals surface area contributed by atoms with Gasteiger partial charge in [-0.3, -0.25) is 0 Å². The molecule has 0 saturated carbocycles. The lowest BCUT2D eigenvalue weighted by Crippen LogP contribution is -2.27. The fraction of sp³-hybridized carbons (Fsp3) is 0.500. The largest absolute Gasteiger partial charge is 0.493 e. The minimum absolute atomic E-state index is 0.213. The normalized spacial score (nSPS) is 11.7. The first-order valence-corrected chi connectivity index (χ1v) is 6.96. The van der Waals surface area contributed by atoms with Crippen molar-refractivity contribution in [3.8, 4) is 17.6 Å². The maximum atomic E-state index is 8.73. The summed E-state index contributed by atoms with van der Waals surface area (Å²) in [5.74, 6) is 1.40. The Kier molecular flexibility index (Phi) is 6.68. The molecule has 1 N–H and O–H groups in total. The molecular weight excluding hydrogens is 308 g/mol. The molecule has 104 valence electrons. The molecule has 1 atom stereocenters. The number of nitrogens with one attached hydrogen (secondary N) is 1. The lowest BCUT2D eigenvalue weighted by atomic mass is 10.1. The summed E-state index contributed by atoms with van der Waals surface area (Å²) < 4.78 is 11.5. The molecule has 4 nitrogen and oxygen atoms in total. The van der Waals surface area contributed by atoms with Gasteiger partial charge in [-0.05, 0) is 24.1 Å². The van der Waals surface area contributed by atoms with Gasteiger partial charge in [-0.1, -0.05) is 22.9 Å². The van der Waals surface area contributed by atoms with E-state index in [0.717, 1.165) is 16.5 Å². The Bertz CT molecular complexity index is 457. The SMILES string of the molecule is CCC(CC#N)NCc1cc(OC)c(OC)cc1Br. The highest BCUT2D eigenvalue weighted by Crippen LogP contribution is 2.33. The highest BCUT2D eigenvalue weighted by atomic mass is 79.9. The second-order valence-electron chi connectivity index (χ2n) is 4.15. The van der Waals surface area contributed by atoms with E-state index in [2.05, 4.69) is 34.2 Å². The average Bonchev–Trinajstić information content (AvgIpc) is 2.44. The molecule has 1 rings (SSSR count). The van der Waals surface area contributed by atoms with Gasteiger partial charge in [-0.2, -0.15) is 5.26 Å². The van der Waals surface area contributed by atoms with Crippen molar-refractivity contribution in [2.24, 2.45) is 0 Å². The summed E-state index contributed by atoms with van der Waals surface area (Å²) in [4.78, 5) is 0. The Morgan fingerprint density at radius 1 is 1.32 bits per heavy atom. The lowest BCUT2D eigenvalue weighted by molar-refractivity contribution is 0.354. The maximum absolute atomic E-state index is 8.73. The molecule has 0 aliphatic rings. The topological polar surface area (TPSA) is 54.3 Å². The Labute approximate surface area is 122 Å². The number of ether oxygens (including phenoxy) is 2. The van der Waals surface area contributed by atoms with Crippen LogP contribution < -0.4 is 14.8 Å². The summed E-state index contributed by atoms with van der Waals surface area (Å²) in [6, 6.07) is 6.23. The van der Waals surface area contributed by atoms with Crippen molar-refractivity contribution in [1.82, 2.24) is 5.32 Å². The third kappa shape index (κ3) is 4.41. The van der Waals surface area contributed by atoms with Crippen molar-refractivity contribution < 1.29 is 9.47 Å². The number of hydrogen-bond acceptors (Lipinski definition) is 4. The first-order chi connectivity index (χ1) is 9.15. The molecule has 0 amide bonds. The quantitative estimate of drug-likeness (QED) is 0.835. The second kappa shape index (κ2) is 8.03. The van der Waals surface area contributed by atoms with Gasteiger partial charge >= 0.3 is 0 Å². The van der Waals surface area contributed by atoms with E-state index < -0.39 is 0 Å². The number of methoxy groups -OCH3 is 2. The molecule has 5 heteroatoms. The molecule has 0 fully saturated rings. The van der Waals surface area contributed by atoms with Crippen LogP contribution in [0.4, 0.5) is 0 Å². The summed E-state index contributed by atoms with van der Waals surface area (Å²) >= 11 is 3.52. The van der Waals surface area contributed by atoms with E-state index in [-0.39, 0.29) is 6.04 Å². The Balaban J connectivity index is 2.81. The van der Waals surface area contributed by atoms with Crippen LogP contribution in [-0.2, 0) is 6.54 Å². The number of hydrogen-bond donors (Lipinski definition) is 1. The van der Waals surface area contributed by atoms with Gasteiger partial charge in [0.25, 0.3) is 0 Å². The highest BCUT2D eigenvalue weighted by molar-refractivity contribution is 9.10. The van der Waals surface area contributed by atoms with E-state index in [9.17, 15) is 0 Å². The minimum atomic E-state index is 0.213. The predicted molar refractivity (Wildman–Crippen MR) is 78.4 cm³/mol. The molecular formula is C14H19BrN2O2. The molecule has 0 aliphatic heterocycles. The first kappa shape index (κ1) is 15.8. The average molecular weight is 327 g/mol. The summed E-state index contributed by atoms with van der Waals surface area (Å²) in [7, 11) is 3.23. The number of nitrogens with zero attached hydrogens (tertiary/aromatic N) is 1. The van der Waals surface area contributed by atoms with E-state index in [1.54, 1.807) is 14.2 Å². The summed E-state index contributed by atoms with van der Waals surface area (Å²) in [6.07, 6.45) is 1.44. The van der Waals surface area contributed by atoms with E-state index in [0.29, 0.717) is 24.5 Å². The summed E-state index contributed by atoms with van der Waals surface area (Å²) in [5, 5.41) is 12.1. The van der Waals surface area contributed by atoms with Crippen LogP contribution in [-0.4, -0.2) is 20.3 Å². The molecule has 19 heavy (non-hydrogen) atoms. The lowest BCUT2D eigenvalue weighted by Gasteiger charge is -2.16. The van der Waals surface area contributed by atoms with Crippen LogP contribution in [0.1, 0.15) is 25.3 Å². The third-order valence-electron chi connectivity index (χ3n) is 2.96. The van der Waals surface area contributed by atoms with Crippen molar-refractivity contribution in [3.63, 3.8) is 0 Å². The molecule has 0 aromatic heterocycles. The van der Waals surface area contributed by atoms with Gasteiger partial charge in [0.1, 0.15) is 0 Å². The van der Waals surface area contributed by atoms with Crippen LogP contribution in [0.15, 0.2) is 16.6 Å². The fourth-order valence-electron chi connectivity index (χ4n) is 1.76. The maximum Gasteiger partial charge on any atom is 0.161 e. The van der Waals surface area contributed by atoms with Crippen molar-refractivity contribution in [1.29, 1.82) is 5.26 Å². The monoisotopic (exact) mass is 326 g/mol. The van der Waals surface area contributed by atoms with Crippen LogP contribution >= 0.6 is 15.9 Å². The van der Waals surface area contributed by atoms with Crippen molar-refractivity contribution in [2.45, 2.75) is 32.4 Å². The molecule has 0 heterocycles. The van der Waals surface area contributed by atoms with Gasteiger partial charge in [0.05, 0.1) is 26.7 Å². The minimum Gasteiger partial charge on any atom is -0.493 e. The van der Waals surface area contributed by atoms with Crippen molar-refractivity contribution in [3.05, 3.63) is 22.2 Å². The van der Waals surface area contributed by atoms with Crippen LogP contribution in [0, 0.1) is 11.3 Å². The van der Waals surface area contributed by atoms with Gasteiger partial charge in [0, 0.05) is 17.1 Å². The molecule has 1 aromatic rings. The number of nitriles is 1. The fourth-order valence-corrected chi connectivity index (χ4v) is 2.22. The van der Waals surface area contributed by atoms with Crippen LogP contribution in [0.25, 0.3) is 0 Å². The molecule has 1 unspecified atom stereocenters. The van der Waals surface area contributed by atoms with Gasteiger partial charge in [0.2, 0.25) is 0 Å². The Morgan fingerprint density at radius 2 is 1.95 bits per heavy atom. The molecule has 0 radical (unpaired) electrons. The zero-order valence-corrected chi connectivity index (χ0v) is 13.1. The molecule has 0 spiro atoms. The highest BCUT2D eigenvalue weighted by Gasteiger charge is 2.11. The Hall–Kier alpha value is -1.25. The van der Waals surface area contributed by atoms with Crippen LogP contribution in [0.3, 0.4) is 0 Å². The van der Waals surface area contributed by atoms with Crippen molar-refractivity contribution >= 4 is 15.9 Å². The zero-order valence-electron chi connectivity index (χ0n) is 11.5. The van der Waals surface area contributed by atoms with Crippen LogP contribution in [0.2, 0.25) is 0 Å². The van der Waals surface area contributed by atoms with Crippen LogP contribution in [0.5, 0.6) is 11.5 Å². The van der Waals surface area contributed by atoms with E-state index in [1.165, 1.54) is 0 Å². The molecule has 1 aromatic carbocycles. The number of halogens is 1. The van der Waals surface area contributed by atoms with Gasteiger partial charge in [-0.15, -0.1) is 0 Å². The second-order valence-corrected chi connectivity index (χ2v) is 5.00. The molecule has 0 bridgehead atoms. The smallest absolute Gasteiger partial charge is 0.161 e. The summed E-state index contributed by atoms with van der Waals surface area (Å²) in [6.45, 7) is 2.75. The van der Waals surface area contributed by atoms with Gasteiger partial charge < -0.3 is 14.8 Å². The zero-order chi connectivity index (χ0) is 14.3. The van der Waals surface area contributed by atoms with Gasteiger partial charge in [0.15, 0.2) is 11.5 Å². The molecule has 0 aliphatic carbocycles. The number of benzene rings is 1. The van der Waals surface area contributed by atoms with E-state index in [1.807, 2.05) is 12.1 Å². The van der Waals surface area contributed by atoms with E-state index >= 15 is 0 Å². The Morgan fingerprint density at radius 3 is 2.47 bits per heavy atom. The standard InChI is InChI=1S/C14H19BrN2O2/c1-4-11(5-6-16)17-9-10-7-13(18-2)14(19-3)8-12(10)15/h7-8,11,17H,4-5,9H2,1-3H3. The predicted octanol–water partition coefficient (Wildman–Crippen LogP) is 3.25.